The van der Waals surface area contributed by atoms with Crippen molar-refractivity contribution in [2.45, 2.75) is 44.8 Å². The fourth-order valence-electron chi connectivity index (χ4n) is 3.08. The molecular formula is C16H19F3N2O4. The first-order valence-corrected chi connectivity index (χ1v) is 7.75. The molecule has 0 spiro atoms. The molecule has 0 atom stereocenters. The second-order valence-electron chi connectivity index (χ2n) is 6.16. The van der Waals surface area contributed by atoms with Crippen LogP contribution in [0.2, 0.25) is 0 Å². The molecule has 1 aliphatic rings. The summed E-state index contributed by atoms with van der Waals surface area (Å²) in [6.45, 7) is 1.52. The van der Waals surface area contributed by atoms with Gasteiger partial charge in [0.15, 0.2) is 0 Å². The van der Waals surface area contributed by atoms with E-state index in [0.29, 0.717) is 5.56 Å². The maximum absolute atomic E-state index is 12.7. The van der Waals surface area contributed by atoms with Crippen molar-refractivity contribution in [3.8, 4) is 0 Å². The van der Waals surface area contributed by atoms with Crippen molar-refractivity contribution < 1.29 is 32.7 Å². The van der Waals surface area contributed by atoms with Crippen LogP contribution in [0.25, 0.3) is 0 Å². The Hall–Kier alpha value is -2.29. The van der Waals surface area contributed by atoms with Crippen molar-refractivity contribution in [2.24, 2.45) is 11.8 Å². The number of carbonyl (C=O) groups excluding carboxylic acids is 1. The zero-order valence-electron chi connectivity index (χ0n) is 13.5. The van der Waals surface area contributed by atoms with Gasteiger partial charge >= 0.3 is 18.1 Å². The van der Waals surface area contributed by atoms with Gasteiger partial charge < -0.3 is 15.3 Å². The summed E-state index contributed by atoms with van der Waals surface area (Å²) >= 11 is 0. The Balaban J connectivity index is 2.22. The van der Waals surface area contributed by atoms with Gasteiger partial charge in [0.2, 0.25) is 0 Å². The standard InChI is InChI=1S/C16H19F3N2O4/c1-8-6-12(15(24)25-20)13(7-11(8)14(22)23)21-10-4-2-9(3-5-10)16(17,18)19/h6-7,9-10,21H,2-5,20H2,1H3,(H,22,23). The smallest absolute Gasteiger partial charge is 0.391 e. The van der Waals surface area contributed by atoms with E-state index in [2.05, 4.69) is 10.2 Å². The van der Waals surface area contributed by atoms with Gasteiger partial charge in [-0.25, -0.2) is 9.59 Å². The molecule has 138 valence electrons. The van der Waals surface area contributed by atoms with E-state index in [0.717, 1.165) is 0 Å². The summed E-state index contributed by atoms with van der Waals surface area (Å²) in [5.41, 5.74) is 0.566. The molecule has 2 rings (SSSR count). The van der Waals surface area contributed by atoms with Crippen LogP contribution < -0.4 is 11.2 Å². The molecule has 0 saturated heterocycles. The molecule has 0 heterocycles. The SMILES string of the molecule is Cc1cc(C(=O)ON)c(NC2CCC(C(F)(F)F)CC2)cc1C(=O)O. The molecule has 4 N–H and O–H groups in total. The van der Waals surface area contributed by atoms with E-state index < -0.39 is 24.0 Å². The maximum Gasteiger partial charge on any atom is 0.391 e. The van der Waals surface area contributed by atoms with Crippen LogP contribution in [0, 0.1) is 12.8 Å². The first-order chi connectivity index (χ1) is 11.6. The normalized spacial score (nSPS) is 20.8. The summed E-state index contributed by atoms with van der Waals surface area (Å²) in [5, 5.41) is 12.2. The van der Waals surface area contributed by atoms with Gasteiger partial charge in [-0.2, -0.15) is 19.1 Å². The Morgan fingerprint density at radius 1 is 1.20 bits per heavy atom. The first kappa shape index (κ1) is 19.0. The summed E-state index contributed by atoms with van der Waals surface area (Å²) in [6, 6.07) is 2.31. The number of anilines is 1. The highest BCUT2D eigenvalue weighted by Crippen LogP contribution is 2.38. The van der Waals surface area contributed by atoms with Crippen molar-refractivity contribution in [1.82, 2.24) is 0 Å². The Labute approximate surface area is 142 Å². The third kappa shape index (κ3) is 4.41. The van der Waals surface area contributed by atoms with E-state index in [-0.39, 0.29) is 48.5 Å². The van der Waals surface area contributed by atoms with Crippen LogP contribution in [0.4, 0.5) is 18.9 Å². The number of benzene rings is 1. The third-order valence-electron chi connectivity index (χ3n) is 4.47. The highest BCUT2D eigenvalue weighted by Gasteiger charge is 2.41. The van der Waals surface area contributed by atoms with Gasteiger partial charge in [0, 0.05) is 11.7 Å². The zero-order valence-corrected chi connectivity index (χ0v) is 13.5. The number of nitrogens with two attached hydrogens (primary N) is 1. The van der Waals surface area contributed by atoms with Gasteiger partial charge in [0.25, 0.3) is 0 Å². The van der Waals surface area contributed by atoms with E-state index in [1.807, 2.05) is 0 Å². The topological polar surface area (TPSA) is 102 Å². The fraction of sp³-hybridized carbons (Fsp3) is 0.500. The van der Waals surface area contributed by atoms with Gasteiger partial charge in [-0.1, -0.05) is 0 Å². The minimum atomic E-state index is -4.21. The minimum Gasteiger partial charge on any atom is -0.478 e. The van der Waals surface area contributed by atoms with Crippen molar-refractivity contribution in [3.63, 3.8) is 0 Å². The molecule has 1 aromatic rings. The fourth-order valence-corrected chi connectivity index (χ4v) is 3.08. The highest BCUT2D eigenvalue weighted by atomic mass is 19.4. The van der Waals surface area contributed by atoms with Gasteiger partial charge in [-0.15, -0.1) is 0 Å². The number of carbonyl (C=O) groups is 2. The molecule has 0 amide bonds. The van der Waals surface area contributed by atoms with Crippen LogP contribution in [0.3, 0.4) is 0 Å². The lowest BCUT2D eigenvalue weighted by Gasteiger charge is -2.31. The average molecular weight is 360 g/mol. The van der Waals surface area contributed by atoms with Crippen molar-refractivity contribution >= 4 is 17.6 Å². The number of rotatable bonds is 4. The molecule has 1 aromatic carbocycles. The number of aryl methyl sites for hydroxylation is 1. The van der Waals surface area contributed by atoms with Crippen LogP contribution in [-0.4, -0.2) is 29.3 Å². The van der Waals surface area contributed by atoms with Gasteiger partial charge in [0.05, 0.1) is 17.0 Å². The van der Waals surface area contributed by atoms with Crippen LogP contribution in [0.15, 0.2) is 12.1 Å². The number of hydrogen-bond acceptors (Lipinski definition) is 5. The van der Waals surface area contributed by atoms with E-state index in [9.17, 15) is 27.9 Å². The highest BCUT2D eigenvalue weighted by molar-refractivity contribution is 5.99. The number of carboxylic acid groups (broad SMARTS) is 1. The maximum atomic E-state index is 12.7. The largest absolute Gasteiger partial charge is 0.478 e. The number of alkyl halides is 3. The summed E-state index contributed by atoms with van der Waals surface area (Å²) in [7, 11) is 0. The summed E-state index contributed by atoms with van der Waals surface area (Å²) < 4.78 is 38.2. The molecular weight excluding hydrogens is 341 g/mol. The second kappa shape index (κ2) is 7.30. The number of aromatic carboxylic acids is 1. The van der Waals surface area contributed by atoms with Crippen LogP contribution in [-0.2, 0) is 4.84 Å². The van der Waals surface area contributed by atoms with Crippen LogP contribution in [0.1, 0.15) is 52.0 Å². The van der Waals surface area contributed by atoms with E-state index in [1.54, 1.807) is 0 Å². The van der Waals surface area contributed by atoms with Crippen molar-refractivity contribution in [3.05, 3.63) is 28.8 Å². The molecule has 1 saturated carbocycles. The van der Waals surface area contributed by atoms with E-state index in [1.165, 1.54) is 19.1 Å². The summed E-state index contributed by atoms with van der Waals surface area (Å²) in [5.74, 6) is 1.55. The number of halogens is 3. The lowest BCUT2D eigenvalue weighted by molar-refractivity contribution is -0.182. The Kier molecular flexibility index (Phi) is 5.56. The number of carboxylic acids is 1. The lowest BCUT2D eigenvalue weighted by atomic mass is 9.85. The molecule has 0 aliphatic heterocycles. The average Bonchev–Trinajstić information content (AvgIpc) is 2.54. The predicted octanol–water partition coefficient (Wildman–Crippen LogP) is 3.26. The van der Waals surface area contributed by atoms with Gasteiger partial charge in [-0.3, -0.25) is 0 Å². The Bertz CT molecular complexity index is 668. The molecule has 0 unspecified atom stereocenters. The quantitative estimate of drug-likeness (QED) is 0.713. The summed E-state index contributed by atoms with van der Waals surface area (Å²) in [4.78, 5) is 27.3. The van der Waals surface area contributed by atoms with Gasteiger partial charge in [-0.05, 0) is 50.3 Å². The molecule has 0 bridgehead atoms. The molecule has 0 radical (unpaired) electrons. The Morgan fingerprint density at radius 2 is 1.80 bits per heavy atom. The third-order valence-corrected chi connectivity index (χ3v) is 4.47. The summed E-state index contributed by atoms with van der Waals surface area (Å²) in [6.07, 6.45) is -3.72. The van der Waals surface area contributed by atoms with Crippen molar-refractivity contribution in [1.29, 1.82) is 0 Å². The zero-order chi connectivity index (χ0) is 18.8. The lowest BCUT2D eigenvalue weighted by Crippen LogP contribution is -2.33. The van der Waals surface area contributed by atoms with Gasteiger partial charge in [0.1, 0.15) is 0 Å². The molecule has 1 fully saturated rings. The molecule has 25 heavy (non-hydrogen) atoms. The second-order valence-corrected chi connectivity index (χ2v) is 6.16. The van der Waals surface area contributed by atoms with Crippen LogP contribution in [0.5, 0.6) is 0 Å². The molecule has 6 nitrogen and oxygen atoms in total. The van der Waals surface area contributed by atoms with Crippen molar-refractivity contribution in [2.75, 3.05) is 5.32 Å². The molecule has 9 heteroatoms. The monoisotopic (exact) mass is 360 g/mol. The number of nitrogens with one attached hydrogen (secondary N) is 1. The van der Waals surface area contributed by atoms with E-state index >= 15 is 0 Å². The van der Waals surface area contributed by atoms with Crippen LogP contribution >= 0.6 is 0 Å². The minimum absolute atomic E-state index is 0.0138. The molecule has 0 aromatic heterocycles. The van der Waals surface area contributed by atoms with E-state index in [4.69, 9.17) is 5.90 Å². The Morgan fingerprint density at radius 3 is 2.28 bits per heavy atom. The predicted molar refractivity (Wildman–Crippen MR) is 83.2 cm³/mol. The molecule has 1 aliphatic carbocycles. The number of hydrogen-bond donors (Lipinski definition) is 3. The first-order valence-electron chi connectivity index (χ1n) is 7.75.